The largest absolute Gasteiger partial charge is 0.365 e. The molecule has 3 aromatic rings. The Morgan fingerprint density at radius 3 is 2.64 bits per heavy atom. The van der Waals surface area contributed by atoms with E-state index in [1.54, 1.807) is 0 Å². The van der Waals surface area contributed by atoms with Crippen molar-refractivity contribution in [3.8, 4) is 0 Å². The third-order valence-electron chi connectivity index (χ3n) is 6.54. The molecule has 5 rings (SSSR count). The monoisotopic (exact) mass is 368 g/mol. The minimum Gasteiger partial charge on any atom is -0.365 e. The highest BCUT2D eigenvalue weighted by atomic mass is 15.1. The Hall–Kier alpha value is -2.61. The van der Waals surface area contributed by atoms with Crippen molar-refractivity contribution < 1.29 is 0 Å². The fourth-order valence-electron chi connectivity index (χ4n) is 4.97. The van der Waals surface area contributed by atoms with Gasteiger partial charge >= 0.3 is 0 Å². The Morgan fingerprint density at radius 2 is 1.71 bits per heavy atom. The van der Waals surface area contributed by atoms with Gasteiger partial charge < -0.3 is 5.32 Å². The van der Waals surface area contributed by atoms with Crippen molar-refractivity contribution in [3.05, 3.63) is 82.9 Å². The SMILES string of the molecule is Cc1ccc2ccccc2c1CCc1ccccc1C1=N[C@@H]2CCCC[C@H]2N1. The lowest BCUT2D eigenvalue weighted by Crippen LogP contribution is -2.37. The van der Waals surface area contributed by atoms with Gasteiger partial charge in [0.1, 0.15) is 5.84 Å². The van der Waals surface area contributed by atoms with Gasteiger partial charge in [-0.15, -0.1) is 0 Å². The molecular weight excluding hydrogens is 340 g/mol. The molecule has 1 N–H and O–H groups in total. The van der Waals surface area contributed by atoms with E-state index in [1.807, 2.05) is 0 Å². The molecule has 1 heterocycles. The van der Waals surface area contributed by atoms with Crippen molar-refractivity contribution in [2.45, 2.75) is 57.5 Å². The van der Waals surface area contributed by atoms with Crippen molar-refractivity contribution in [2.75, 3.05) is 0 Å². The van der Waals surface area contributed by atoms with Gasteiger partial charge in [-0.1, -0.05) is 73.5 Å². The first-order valence-corrected chi connectivity index (χ1v) is 10.7. The van der Waals surface area contributed by atoms with Gasteiger partial charge in [-0.25, -0.2) is 0 Å². The summed E-state index contributed by atoms with van der Waals surface area (Å²) in [5.74, 6) is 1.13. The molecule has 0 bridgehead atoms. The summed E-state index contributed by atoms with van der Waals surface area (Å²) < 4.78 is 0. The van der Waals surface area contributed by atoms with Gasteiger partial charge in [0.15, 0.2) is 0 Å². The number of aryl methyl sites for hydroxylation is 3. The van der Waals surface area contributed by atoms with E-state index in [9.17, 15) is 0 Å². The normalized spacial score (nSPS) is 21.2. The van der Waals surface area contributed by atoms with E-state index in [2.05, 4.69) is 72.9 Å². The lowest BCUT2D eigenvalue weighted by atomic mass is 9.92. The number of benzene rings is 3. The molecule has 2 aliphatic rings. The summed E-state index contributed by atoms with van der Waals surface area (Å²) in [7, 11) is 0. The van der Waals surface area contributed by atoms with E-state index in [0.717, 1.165) is 18.7 Å². The highest BCUT2D eigenvalue weighted by Gasteiger charge is 2.31. The number of hydrogen-bond acceptors (Lipinski definition) is 2. The molecule has 0 saturated heterocycles. The predicted molar refractivity (Wildman–Crippen MR) is 118 cm³/mol. The molecule has 1 aliphatic heterocycles. The van der Waals surface area contributed by atoms with Crippen molar-refractivity contribution in [2.24, 2.45) is 4.99 Å². The van der Waals surface area contributed by atoms with E-state index in [0.29, 0.717) is 12.1 Å². The van der Waals surface area contributed by atoms with E-state index in [4.69, 9.17) is 4.99 Å². The summed E-state index contributed by atoms with van der Waals surface area (Å²) in [4.78, 5) is 5.07. The molecule has 0 radical (unpaired) electrons. The summed E-state index contributed by atoms with van der Waals surface area (Å²) >= 11 is 0. The Balaban J connectivity index is 1.43. The number of nitrogens with one attached hydrogen (secondary N) is 1. The maximum atomic E-state index is 5.07. The Labute approximate surface area is 167 Å². The molecule has 1 aliphatic carbocycles. The molecule has 2 heteroatoms. The zero-order valence-corrected chi connectivity index (χ0v) is 16.6. The average molecular weight is 369 g/mol. The van der Waals surface area contributed by atoms with Crippen LogP contribution >= 0.6 is 0 Å². The van der Waals surface area contributed by atoms with E-state index in [1.165, 1.54) is 58.7 Å². The summed E-state index contributed by atoms with van der Waals surface area (Å²) in [6.45, 7) is 2.24. The van der Waals surface area contributed by atoms with Gasteiger partial charge in [-0.05, 0) is 60.1 Å². The number of rotatable bonds is 4. The molecule has 2 atom stereocenters. The van der Waals surface area contributed by atoms with Gasteiger partial charge in [-0.2, -0.15) is 0 Å². The molecule has 1 saturated carbocycles. The van der Waals surface area contributed by atoms with Crippen LogP contribution in [-0.4, -0.2) is 17.9 Å². The van der Waals surface area contributed by atoms with Crippen molar-refractivity contribution in [1.82, 2.24) is 5.32 Å². The molecule has 142 valence electrons. The van der Waals surface area contributed by atoms with Crippen LogP contribution in [0.4, 0.5) is 0 Å². The Kier molecular flexibility index (Phi) is 4.64. The van der Waals surface area contributed by atoms with Crippen LogP contribution in [0.3, 0.4) is 0 Å². The molecule has 3 aromatic carbocycles. The minimum atomic E-state index is 0.483. The van der Waals surface area contributed by atoms with Crippen molar-refractivity contribution in [1.29, 1.82) is 0 Å². The lowest BCUT2D eigenvalue weighted by molar-refractivity contribution is 0.385. The molecular formula is C26H28N2. The van der Waals surface area contributed by atoms with Gasteiger partial charge in [-0.3, -0.25) is 4.99 Å². The van der Waals surface area contributed by atoms with Crippen LogP contribution in [0.1, 0.15) is 47.9 Å². The molecule has 0 spiro atoms. The first-order valence-electron chi connectivity index (χ1n) is 10.7. The molecule has 1 fully saturated rings. The first kappa shape index (κ1) is 17.5. The van der Waals surface area contributed by atoms with E-state index in [-0.39, 0.29) is 0 Å². The van der Waals surface area contributed by atoms with Gasteiger partial charge in [0.25, 0.3) is 0 Å². The highest BCUT2D eigenvalue weighted by Crippen LogP contribution is 2.28. The van der Waals surface area contributed by atoms with Crippen LogP contribution in [-0.2, 0) is 12.8 Å². The highest BCUT2D eigenvalue weighted by molar-refractivity contribution is 6.01. The van der Waals surface area contributed by atoms with Crippen LogP contribution in [0.15, 0.2) is 65.7 Å². The van der Waals surface area contributed by atoms with Crippen molar-refractivity contribution in [3.63, 3.8) is 0 Å². The summed E-state index contributed by atoms with van der Waals surface area (Å²) in [5.41, 5.74) is 5.57. The summed E-state index contributed by atoms with van der Waals surface area (Å²) in [6.07, 6.45) is 7.25. The predicted octanol–water partition coefficient (Wildman–Crippen LogP) is 5.59. The van der Waals surface area contributed by atoms with Crippen molar-refractivity contribution >= 4 is 16.6 Å². The smallest absolute Gasteiger partial charge is 0.129 e. The zero-order valence-electron chi connectivity index (χ0n) is 16.6. The van der Waals surface area contributed by atoms with Crippen LogP contribution in [0.25, 0.3) is 10.8 Å². The number of amidine groups is 1. The number of fused-ring (bicyclic) bond motifs is 2. The van der Waals surface area contributed by atoms with E-state index < -0.39 is 0 Å². The standard InChI is InChI=1S/C26H28N2/c1-18-14-15-19-8-2-4-10-22(19)21(18)17-16-20-9-3-5-11-23(20)26-27-24-12-6-7-13-25(24)28-26/h2-5,8-11,14-15,24-25H,6-7,12-13,16-17H2,1H3,(H,27,28)/t24-,25-/m1/s1. The van der Waals surface area contributed by atoms with Gasteiger partial charge in [0.05, 0.1) is 6.04 Å². The quantitative estimate of drug-likeness (QED) is 0.637. The molecule has 28 heavy (non-hydrogen) atoms. The number of nitrogens with zero attached hydrogens (tertiary/aromatic N) is 1. The second-order valence-electron chi connectivity index (χ2n) is 8.32. The maximum absolute atomic E-state index is 5.07. The number of hydrogen-bond donors (Lipinski definition) is 1. The molecule has 2 nitrogen and oxygen atoms in total. The fraction of sp³-hybridized carbons (Fsp3) is 0.346. The zero-order chi connectivity index (χ0) is 18.9. The molecule has 0 aromatic heterocycles. The second kappa shape index (κ2) is 7.43. The molecule has 0 unspecified atom stereocenters. The van der Waals surface area contributed by atoms with E-state index >= 15 is 0 Å². The first-order chi connectivity index (χ1) is 13.8. The summed E-state index contributed by atoms with van der Waals surface area (Å²) in [6, 6.07) is 23.1. The minimum absolute atomic E-state index is 0.483. The Morgan fingerprint density at radius 1 is 0.893 bits per heavy atom. The topological polar surface area (TPSA) is 24.4 Å². The Bertz CT molecular complexity index is 1030. The number of aliphatic imine (C=N–C) groups is 1. The molecule has 0 amide bonds. The van der Waals surface area contributed by atoms with Gasteiger partial charge in [0, 0.05) is 11.6 Å². The van der Waals surface area contributed by atoms with Crippen LogP contribution in [0.5, 0.6) is 0 Å². The lowest BCUT2D eigenvalue weighted by Gasteiger charge is -2.23. The van der Waals surface area contributed by atoms with Crippen LogP contribution in [0, 0.1) is 6.92 Å². The fourth-order valence-corrected chi connectivity index (χ4v) is 4.97. The second-order valence-corrected chi connectivity index (χ2v) is 8.32. The van der Waals surface area contributed by atoms with Gasteiger partial charge in [0.2, 0.25) is 0 Å². The maximum Gasteiger partial charge on any atom is 0.129 e. The average Bonchev–Trinajstić information content (AvgIpc) is 3.17. The third-order valence-corrected chi connectivity index (χ3v) is 6.54. The third kappa shape index (κ3) is 3.22. The van der Waals surface area contributed by atoms with Crippen LogP contribution < -0.4 is 5.32 Å². The van der Waals surface area contributed by atoms with Crippen LogP contribution in [0.2, 0.25) is 0 Å². The summed E-state index contributed by atoms with van der Waals surface area (Å²) in [5, 5.41) is 6.47.